The zero-order chi connectivity index (χ0) is 6.97. The van der Waals surface area contributed by atoms with E-state index in [4.69, 9.17) is 4.52 Å². The van der Waals surface area contributed by atoms with E-state index < -0.39 is 0 Å². The molecule has 1 aromatic heterocycles. The summed E-state index contributed by atoms with van der Waals surface area (Å²) in [5.74, 6) is 0. The minimum absolute atomic E-state index is 0. The van der Waals surface area contributed by atoms with Gasteiger partial charge in [0.25, 0.3) is 0 Å². The fourth-order valence-corrected chi connectivity index (χ4v) is 1.07. The van der Waals surface area contributed by atoms with E-state index >= 15 is 0 Å². The third-order valence-electron chi connectivity index (χ3n) is 1.30. The molecule has 0 aliphatic carbocycles. The number of rotatable bonds is 0. The van der Waals surface area contributed by atoms with E-state index in [1.807, 2.05) is 18.2 Å². The Morgan fingerprint density at radius 3 is 3.00 bits per heavy atom. The quantitative estimate of drug-likeness (QED) is 0.589. The molecule has 0 amide bonds. The SMILES string of the molecule is Sc1cccc2[c-]noc12.[W]. The molecule has 0 N–H and O–H groups in total. The number of fused-ring (bicyclic) bond motifs is 1. The van der Waals surface area contributed by atoms with Crippen molar-refractivity contribution in [2.24, 2.45) is 0 Å². The van der Waals surface area contributed by atoms with Crippen molar-refractivity contribution in [3.05, 3.63) is 24.4 Å². The third kappa shape index (κ3) is 1.49. The zero-order valence-electron chi connectivity index (χ0n) is 5.44. The normalized spacial score (nSPS) is 9.55. The summed E-state index contributed by atoms with van der Waals surface area (Å²) in [7, 11) is 0. The molecule has 0 aliphatic heterocycles. The predicted octanol–water partition coefficient (Wildman–Crippen LogP) is 1.91. The molecule has 0 radical (unpaired) electrons. The smallest absolute Gasteiger partial charge is 0.0657 e. The average molecular weight is 334 g/mol. The van der Waals surface area contributed by atoms with Crippen LogP contribution in [0.15, 0.2) is 27.6 Å². The van der Waals surface area contributed by atoms with Gasteiger partial charge in [-0.1, -0.05) is 6.07 Å². The Morgan fingerprint density at radius 2 is 2.27 bits per heavy atom. The number of nitrogens with zero attached hydrogens (tertiary/aromatic N) is 1. The topological polar surface area (TPSA) is 26.0 Å². The summed E-state index contributed by atoms with van der Waals surface area (Å²) >= 11 is 4.16. The largest absolute Gasteiger partial charge is 0.430 e. The Balaban J connectivity index is 0.000000605. The van der Waals surface area contributed by atoms with Crippen LogP contribution in [0.4, 0.5) is 0 Å². The second kappa shape index (κ2) is 3.42. The second-order valence-corrected chi connectivity index (χ2v) is 2.43. The summed E-state index contributed by atoms with van der Waals surface area (Å²) in [5.41, 5.74) is 0.700. The summed E-state index contributed by atoms with van der Waals surface area (Å²) in [4.78, 5) is 0.797. The molecule has 0 fully saturated rings. The maximum atomic E-state index is 4.87. The van der Waals surface area contributed by atoms with Crippen LogP contribution in [0, 0.1) is 6.20 Å². The first-order valence-corrected chi connectivity index (χ1v) is 3.28. The van der Waals surface area contributed by atoms with Crippen LogP contribution in [0.25, 0.3) is 11.0 Å². The first kappa shape index (κ1) is 8.82. The molecule has 0 saturated heterocycles. The van der Waals surface area contributed by atoms with Gasteiger partial charge in [-0.3, -0.25) is 0 Å². The molecule has 2 nitrogen and oxygen atoms in total. The van der Waals surface area contributed by atoms with Gasteiger partial charge in [0.05, 0.1) is 5.58 Å². The fourth-order valence-electron chi connectivity index (χ4n) is 0.826. The van der Waals surface area contributed by atoms with E-state index in [0.717, 1.165) is 10.3 Å². The van der Waals surface area contributed by atoms with E-state index in [9.17, 15) is 0 Å². The molecular weight excluding hydrogens is 330 g/mol. The molecule has 56 valence electrons. The van der Waals surface area contributed by atoms with Gasteiger partial charge in [0.1, 0.15) is 0 Å². The number of hydrogen-bond donors (Lipinski definition) is 1. The van der Waals surface area contributed by atoms with E-state index in [1.54, 1.807) is 0 Å². The molecule has 0 saturated carbocycles. The zero-order valence-corrected chi connectivity index (χ0v) is 9.27. The van der Waals surface area contributed by atoms with Gasteiger partial charge >= 0.3 is 0 Å². The van der Waals surface area contributed by atoms with Crippen LogP contribution in [0.2, 0.25) is 0 Å². The second-order valence-electron chi connectivity index (χ2n) is 1.95. The number of thiol groups is 1. The van der Waals surface area contributed by atoms with Crippen molar-refractivity contribution in [3.63, 3.8) is 0 Å². The molecular formula is C7H4NOSW-. The van der Waals surface area contributed by atoms with Crippen molar-refractivity contribution < 1.29 is 25.6 Å². The Morgan fingerprint density at radius 1 is 1.45 bits per heavy atom. The maximum absolute atomic E-state index is 4.87. The Labute approximate surface area is 83.6 Å². The molecule has 2 rings (SSSR count). The van der Waals surface area contributed by atoms with Crippen LogP contribution >= 0.6 is 12.6 Å². The Kier molecular flexibility index (Phi) is 2.74. The van der Waals surface area contributed by atoms with Crippen molar-refractivity contribution in [1.82, 2.24) is 5.16 Å². The number of para-hydroxylation sites is 1. The van der Waals surface area contributed by atoms with Crippen molar-refractivity contribution in [2.45, 2.75) is 4.90 Å². The van der Waals surface area contributed by atoms with Crippen LogP contribution in [0.3, 0.4) is 0 Å². The molecule has 11 heavy (non-hydrogen) atoms. The van der Waals surface area contributed by atoms with Gasteiger partial charge in [0.15, 0.2) is 0 Å². The van der Waals surface area contributed by atoms with Gasteiger partial charge in [-0.05, 0) is 11.1 Å². The molecule has 0 spiro atoms. The Hall–Kier alpha value is -0.272. The standard InChI is InChI=1S/C7H4NOS.W/c10-6-3-1-2-5-4-8-9-7(5)6;/h1-3,10H;/q-1;. The van der Waals surface area contributed by atoms with E-state index in [2.05, 4.69) is 24.0 Å². The summed E-state index contributed by atoms with van der Waals surface area (Å²) in [6.45, 7) is 0. The number of benzene rings is 1. The van der Waals surface area contributed by atoms with Crippen molar-refractivity contribution in [2.75, 3.05) is 0 Å². The van der Waals surface area contributed by atoms with E-state index in [-0.39, 0.29) is 21.1 Å². The van der Waals surface area contributed by atoms with Crippen LogP contribution in [-0.4, -0.2) is 5.16 Å². The molecule has 4 heteroatoms. The summed E-state index contributed by atoms with van der Waals surface area (Å²) < 4.78 is 4.87. The van der Waals surface area contributed by atoms with Crippen molar-refractivity contribution in [3.8, 4) is 0 Å². The minimum Gasteiger partial charge on any atom is -0.430 e. The van der Waals surface area contributed by atoms with Crippen LogP contribution in [-0.2, 0) is 21.1 Å². The average Bonchev–Trinajstić information content (AvgIpc) is 2.36. The van der Waals surface area contributed by atoms with Crippen molar-refractivity contribution in [1.29, 1.82) is 0 Å². The van der Waals surface area contributed by atoms with Gasteiger partial charge < -0.3 is 4.52 Å². The molecule has 0 atom stereocenters. The van der Waals surface area contributed by atoms with Crippen LogP contribution in [0.5, 0.6) is 0 Å². The fraction of sp³-hybridized carbons (Fsp3) is 0. The van der Waals surface area contributed by atoms with Crippen LogP contribution in [0.1, 0.15) is 0 Å². The van der Waals surface area contributed by atoms with Gasteiger partial charge in [0.2, 0.25) is 0 Å². The van der Waals surface area contributed by atoms with Gasteiger partial charge in [0, 0.05) is 21.1 Å². The van der Waals surface area contributed by atoms with Gasteiger partial charge in [-0.2, -0.15) is 23.9 Å². The predicted molar refractivity (Wildman–Crippen MR) is 40.1 cm³/mol. The molecule has 1 aromatic carbocycles. The monoisotopic (exact) mass is 334 g/mol. The molecule has 1 heterocycles. The summed E-state index contributed by atoms with van der Waals surface area (Å²) in [5, 5.41) is 4.38. The summed E-state index contributed by atoms with van der Waals surface area (Å²) in [6, 6.07) is 5.62. The van der Waals surface area contributed by atoms with Gasteiger partial charge in [-0.15, -0.1) is 11.5 Å². The maximum Gasteiger partial charge on any atom is 0.0657 e. The molecule has 0 aliphatic rings. The minimum atomic E-state index is 0. The first-order valence-electron chi connectivity index (χ1n) is 2.83. The van der Waals surface area contributed by atoms with Gasteiger partial charge in [-0.25, -0.2) is 0 Å². The van der Waals surface area contributed by atoms with Crippen LogP contribution < -0.4 is 0 Å². The van der Waals surface area contributed by atoms with Crippen molar-refractivity contribution >= 4 is 23.6 Å². The molecule has 0 unspecified atom stereocenters. The summed E-state index contributed by atoms with van der Waals surface area (Å²) in [6.07, 6.45) is 2.69. The number of aromatic nitrogens is 1. The van der Waals surface area contributed by atoms with E-state index in [1.165, 1.54) is 0 Å². The third-order valence-corrected chi connectivity index (χ3v) is 1.65. The Bertz CT molecular complexity index is 360. The first-order chi connectivity index (χ1) is 4.88. The molecule has 2 aromatic rings. The number of hydrogen-bond acceptors (Lipinski definition) is 3. The van der Waals surface area contributed by atoms with E-state index in [0.29, 0.717) is 5.58 Å². The molecule has 0 bridgehead atoms.